The Morgan fingerprint density at radius 1 is 0.950 bits per heavy atom. The molecule has 4 heteroatoms. The van der Waals surface area contributed by atoms with E-state index in [4.69, 9.17) is 11.6 Å². The lowest BCUT2D eigenvalue weighted by atomic mass is 9.94. The van der Waals surface area contributed by atoms with Crippen LogP contribution in [0.15, 0.2) is 39.3 Å². The van der Waals surface area contributed by atoms with Crippen LogP contribution in [0.3, 0.4) is 0 Å². The minimum Gasteiger partial charge on any atom is -0.309 e. The summed E-state index contributed by atoms with van der Waals surface area (Å²) in [5.74, 6) is 0. The van der Waals surface area contributed by atoms with Crippen molar-refractivity contribution < 1.29 is 0 Å². The number of nitrogens with one attached hydrogen (secondary N) is 1. The summed E-state index contributed by atoms with van der Waals surface area (Å²) in [5.41, 5.74) is 4.83. The molecular formula is C16H16Br2ClN. The van der Waals surface area contributed by atoms with Crippen LogP contribution in [0.2, 0.25) is 5.02 Å². The topological polar surface area (TPSA) is 12.0 Å². The van der Waals surface area contributed by atoms with E-state index in [2.05, 4.69) is 69.2 Å². The monoisotopic (exact) mass is 415 g/mol. The highest BCUT2D eigenvalue weighted by Crippen LogP contribution is 2.34. The fourth-order valence-corrected chi connectivity index (χ4v) is 3.60. The molecule has 1 unspecified atom stereocenters. The van der Waals surface area contributed by atoms with E-state index in [1.165, 1.54) is 22.3 Å². The number of hydrogen-bond donors (Lipinski definition) is 1. The van der Waals surface area contributed by atoms with Crippen molar-refractivity contribution >= 4 is 43.5 Å². The Morgan fingerprint density at radius 3 is 2.25 bits per heavy atom. The highest BCUT2D eigenvalue weighted by Gasteiger charge is 2.18. The van der Waals surface area contributed by atoms with Gasteiger partial charge in [-0.15, -0.1) is 0 Å². The molecule has 0 aliphatic heterocycles. The second kappa shape index (κ2) is 6.61. The molecule has 1 atom stereocenters. The van der Waals surface area contributed by atoms with Crippen molar-refractivity contribution in [3.8, 4) is 0 Å². The van der Waals surface area contributed by atoms with Crippen molar-refractivity contribution in [2.45, 2.75) is 19.9 Å². The summed E-state index contributed by atoms with van der Waals surface area (Å²) in [6.07, 6.45) is 0. The van der Waals surface area contributed by atoms with E-state index in [1.54, 1.807) is 0 Å². The first-order valence-corrected chi connectivity index (χ1v) is 8.29. The average molecular weight is 418 g/mol. The molecule has 0 aliphatic carbocycles. The van der Waals surface area contributed by atoms with Crippen LogP contribution < -0.4 is 5.32 Å². The number of hydrogen-bond acceptors (Lipinski definition) is 1. The Bertz CT molecular complexity index is 641. The van der Waals surface area contributed by atoms with Gasteiger partial charge in [-0.05, 0) is 67.4 Å². The number of halogens is 3. The van der Waals surface area contributed by atoms with Crippen LogP contribution in [0.4, 0.5) is 0 Å². The lowest BCUT2D eigenvalue weighted by Crippen LogP contribution is -2.19. The molecular weight excluding hydrogens is 401 g/mol. The van der Waals surface area contributed by atoms with Crippen LogP contribution >= 0.6 is 43.5 Å². The van der Waals surface area contributed by atoms with E-state index < -0.39 is 0 Å². The van der Waals surface area contributed by atoms with E-state index in [1.807, 2.05) is 19.2 Å². The van der Waals surface area contributed by atoms with Gasteiger partial charge in [0.1, 0.15) is 0 Å². The zero-order valence-electron chi connectivity index (χ0n) is 11.6. The largest absolute Gasteiger partial charge is 0.309 e. The molecule has 0 saturated carbocycles. The average Bonchev–Trinajstić information content (AvgIpc) is 2.38. The fraction of sp³-hybridized carbons (Fsp3) is 0.250. The Morgan fingerprint density at radius 2 is 1.65 bits per heavy atom. The maximum Gasteiger partial charge on any atom is 0.0588 e. The summed E-state index contributed by atoms with van der Waals surface area (Å²) < 4.78 is 2.22. The van der Waals surface area contributed by atoms with Crippen molar-refractivity contribution in [1.82, 2.24) is 5.32 Å². The summed E-state index contributed by atoms with van der Waals surface area (Å²) in [6, 6.07) is 10.4. The van der Waals surface area contributed by atoms with Gasteiger partial charge < -0.3 is 5.32 Å². The van der Waals surface area contributed by atoms with E-state index in [0.717, 1.165) is 14.0 Å². The van der Waals surface area contributed by atoms with E-state index >= 15 is 0 Å². The second-order valence-electron chi connectivity index (χ2n) is 4.85. The Labute approximate surface area is 142 Å². The van der Waals surface area contributed by atoms with Crippen LogP contribution in [-0.2, 0) is 0 Å². The molecule has 0 bridgehead atoms. The maximum atomic E-state index is 6.05. The molecule has 0 aliphatic rings. The zero-order valence-corrected chi connectivity index (χ0v) is 15.5. The summed E-state index contributed by atoms with van der Waals surface area (Å²) in [6.45, 7) is 4.17. The molecule has 0 radical (unpaired) electrons. The molecule has 106 valence electrons. The third kappa shape index (κ3) is 3.28. The minimum absolute atomic E-state index is 0.124. The van der Waals surface area contributed by atoms with Crippen LogP contribution in [0.25, 0.3) is 0 Å². The molecule has 2 rings (SSSR count). The van der Waals surface area contributed by atoms with Crippen molar-refractivity contribution in [3.05, 3.63) is 66.6 Å². The highest BCUT2D eigenvalue weighted by atomic mass is 79.9. The van der Waals surface area contributed by atoms with Gasteiger partial charge in [-0.1, -0.05) is 49.5 Å². The molecule has 0 heterocycles. The molecule has 0 fully saturated rings. The third-order valence-electron chi connectivity index (χ3n) is 3.42. The molecule has 2 aromatic carbocycles. The van der Waals surface area contributed by atoms with Crippen molar-refractivity contribution in [2.24, 2.45) is 0 Å². The Hall–Kier alpha value is -0.350. The van der Waals surface area contributed by atoms with Crippen LogP contribution in [-0.4, -0.2) is 7.05 Å². The van der Waals surface area contributed by atoms with Gasteiger partial charge in [-0.2, -0.15) is 0 Å². The normalized spacial score (nSPS) is 12.5. The first-order valence-electron chi connectivity index (χ1n) is 6.33. The summed E-state index contributed by atoms with van der Waals surface area (Å²) >= 11 is 13.3. The molecule has 0 aromatic heterocycles. The summed E-state index contributed by atoms with van der Waals surface area (Å²) in [5, 5.41) is 4.16. The fourth-order valence-electron chi connectivity index (χ4n) is 2.32. The smallest absolute Gasteiger partial charge is 0.0588 e. The van der Waals surface area contributed by atoms with Gasteiger partial charge >= 0.3 is 0 Å². The Balaban J connectivity index is 2.55. The maximum absolute atomic E-state index is 6.05. The lowest BCUT2D eigenvalue weighted by Gasteiger charge is -2.22. The van der Waals surface area contributed by atoms with Crippen molar-refractivity contribution in [3.63, 3.8) is 0 Å². The quantitative estimate of drug-likeness (QED) is 0.666. The minimum atomic E-state index is 0.124. The lowest BCUT2D eigenvalue weighted by molar-refractivity contribution is 0.684. The van der Waals surface area contributed by atoms with Gasteiger partial charge in [0, 0.05) is 14.0 Å². The molecule has 1 nitrogen and oxygen atoms in total. The third-order valence-corrected chi connectivity index (χ3v) is 5.20. The van der Waals surface area contributed by atoms with E-state index in [9.17, 15) is 0 Å². The first kappa shape index (κ1) is 16.0. The van der Waals surface area contributed by atoms with E-state index in [-0.39, 0.29) is 6.04 Å². The summed E-state index contributed by atoms with van der Waals surface area (Å²) in [7, 11) is 1.97. The predicted molar refractivity (Wildman–Crippen MR) is 93.7 cm³/mol. The van der Waals surface area contributed by atoms with Gasteiger partial charge in [0.25, 0.3) is 0 Å². The van der Waals surface area contributed by atoms with Gasteiger partial charge in [-0.25, -0.2) is 0 Å². The number of aryl methyl sites for hydroxylation is 2. The summed E-state index contributed by atoms with van der Waals surface area (Å²) in [4.78, 5) is 0. The number of benzene rings is 2. The van der Waals surface area contributed by atoms with Gasteiger partial charge in [0.05, 0.1) is 6.04 Å². The molecule has 1 N–H and O–H groups in total. The molecule has 0 amide bonds. The molecule has 0 saturated heterocycles. The van der Waals surface area contributed by atoms with Crippen molar-refractivity contribution in [1.29, 1.82) is 0 Å². The van der Waals surface area contributed by atoms with Crippen LogP contribution in [0, 0.1) is 13.8 Å². The molecule has 20 heavy (non-hydrogen) atoms. The zero-order chi connectivity index (χ0) is 14.9. The van der Waals surface area contributed by atoms with Gasteiger partial charge in [0.15, 0.2) is 0 Å². The Kier molecular flexibility index (Phi) is 5.30. The molecule has 0 spiro atoms. The van der Waals surface area contributed by atoms with Gasteiger partial charge in [-0.3, -0.25) is 0 Å². The van der Waals surface area contributed by atoms with Gasteiger partial charge in [0.2, 0.25) is 0 Å². The second-order valence-corrected chi connectivity index (χ2v) is 6.99. The van der Waals surface area contributed by atoms with Crippen LogP contribution in [0.5, 0.6) is 0 Å². The standard InChI is InChI=1S/C16H16Br2ClN/c1-9-6-11(19)4-5-12(9)16(20-3)13-8-14(17)10(2)7-15(13)18/h4-8,16,20H,1-3H3. The SMILES string of the molecule is CNC(c1ccc(Cl)cc1C)c1cc(Br)c(C)cc1Br. The molecule has 2 aromatic rings. The number of rotatable bonds is 3. The van der Waals surface area contributed by atoms with Crippen LogP contribution in [0.1, 0.15) is 28.3 Å². The van der Waals surface area contributed by atoms with E-state index in [0.29, 0.717) is 0 Å². The first-order chi connectivity index (χ1) is 9.43. The predicted octanol–water partition coefficient (Wildman–Crippen LogP) is 5.79. The highest BCUT2D eigenvalue weighted by molar-refractivity contribution is 9.11. The van der Waals surface area contributed by atoms with Crippen molar-refractivity contribution in [2.75, 3.05) is 7.05 Å².